The molecule has 5 fully saturated rings. The molecule has 1 aliphatic carbocycles. The van der Waals surface area contributed by atoms with Gasteiger partial charge in [0.05, 0.1) is 31.3 Å². The van der Waals surface area contributed by atoms with E-state index >= 15 is 0 Å². The maximum atomic E-state index is 14.6. The van der Waals surface area contributed by atoms with Gasteiger partial charge < -0.3 is 78.0 Å². The molecule has 0 aromatic heterocycles. The first-order chi connectivity index (χ1) is 50.3. The molecule has 23 heteroatoms. The Morgan fingerprint density at radius 2 is 1.01 bits per heavy atom. The number of carbonyl (C=O) groups excluding carboxylic acids is 4. The summed E-state index contributed by atoms with van der Waals surface area (Å²) in [7, 11) is -7.23. The molecule has 1 saturated carbocycles. The van der Waals surface area contributed by atoms with Gasteiger partial charge >= 0.3 is 24.4 Å². The van der Waals surface area contributed by atoms with Crippen molar-refractivity contribution >= 4 is 61.8 Å². The predicted molar refractivity (Wildman–Crippen MR) is 391 cm³/mol. The molecule has 5 aliphatic rings. The Hall–Kier alpha value is -9.09. The molecule has 104 heavy (non-hydrogen) atoms. The number of carbonyl (C=O) groups is 4. The van der Waals surface area contributed by atoms with Crippen molar-refractivity contribution in [3.63, 3.8) is 0 Å². The first kappa shape index (κ1) is 73.2. The average Bonchev–Trinajstić information content (AvgIpc) is 1.08. The van der Waals surface area contributed by atoms with Crippen LogP contribution in [0.25, 0.3) is 0 Å². The molecule has 0 radical (unpaired) electrons. The molecule has 8 aromatic rings. The van der Waals surface area contributed by atoms with E-state index in [4.69, 9.17) is 47.1 Å². The summed E-state index contributed by atoms with van der Waals surface area (Å²) >= 11 is 0. The number of amides is 4. The highest BCUT2D eigenvalue weighted by Gasteiger charge is 2.62. The first-order valence-corrected chi connectivity index (χ1v) is 39.3. The van der Waals surface area contributed by atoms with Crippen LogP contribution in [-0.2, 0) is 66.9 Å². The highest BCUT2D eigenvalue weighted by Crippen LogP contribution is 2.49. The van der Waals surface area contributed by atoms with E-state index in [-0.39, 0.29) is 45.8 Å². The fourth-order valence-electron chi connectivity index (χ4n) is 15.5. The van der Waals surface area contributed by atoms with Crippen LogP contribution in [0.1, 0.15) is 75.9 Å². The van der Waals surface area contributed by atoms with E-state index in [9.17, 15) is 34.2 Å². The van der Waals surface area contributed by atoms with Gasteiger partial charge in [-0.3, -0.25) is 4.90 Å². The van der Waals surface area contributed by atoms with Gasteiger partial charge in [0, 0.05) is 11.5 Å². The summed E-state index contributed by atoms with van der Waals surface area (Å²) in [5.74, 6) is -0.996. The van der Waals surface area contributed by atoms with Crippen LogP contribution in [0.2, 0.25) is 10.1 Å². The standard InChI is InChI=1S/C81H90N4O17Si2/c1-80(2,3)104(59-42-26-12-27-43-59,60-44-28-13-29-45-60)96-52-65-67(86)61(47-81(4,5)103(92,57-38-22-10-23-39-57)58-40-24-11-25-41-58)74(98-65)101-72-69(62(46-63-70(72)102-78(90)83-63)82-76(88)93-49-53-30-14-6-15-31-53)100-75-66(84-77(89)94-50-54-32-16-7-17-33-54)68(87)71-64(97-75)48-85(73(99-71)56-36-20-9-21-37-56)79(91)95-51-55-34-18-8-19-35-55/h6-45,61-75,86-87,92H,46-52H2,1-5H3,(H,82,88)(H,83,90)(H,84,89)/t61-,62+,63-,64-,65-,66-,67+,68-,69-,70+,71-,72+,73?,74+,75-/m1/s1. The van der Waals surface area contributed by atoms with E-state index in [2.05, 4.69) is 61.0 Å². The number of hydrogen-bond acceptors (Lipinski definition) is 17. The number of benzene rings is 8. The molecule has 4 heterocycles. The minimum Gasteiger partial charge on any atom is -0.445 e. The summed E-state index contributed by atoms with van der Waals surface area (Å²) in [6.45, 7) is 9.68. The first-order valence-electron chi connectivity index (χ1n) is 35.4. The Morgan fingerprint density at radius 1 is 0.548 bits per heavy atom. The lowest BCUT2D eigenvalue weighted by atomic mass is 9.83. The van der Waals surface area contributed by atoms with Crippen LogP contribution in [-0.4, -0.2) is 154 Å². The number of rotatable bonds is 23. The number of nitrogens with one attached hydrogen (secondary N) is 3. The van der Waals surface area contributed by atoms with Crippen LogP contribution in [0.15, 0.2) is 243 Å². The Morgan fingerprint density at radius 3 is 1.52 bits per heavy atom. The van der Waals surface area contributed by atoms with Crippen molar-refractivity contribution in [2.75, 3.05) is 13.2 Å². The number of ether oxygens (including phenoxy) is 9. The zero-order chi connectivity index (χ0) is 72.6. The quantitative estimate of drug-likeness (QED) is 0.0257. The largest absolute Gasteiger partial charge is 0.445 e. The second-order valence-electron chi connectivity index (χ2n) is 28.9. The normalized spacial score (nSPS) is 26.2. The van der Waals surface area contributed by atoms with Crippen LogP contribution in [0, 0.1) is 5.92 Å². The molecular formula is C81H90N4O17Si2. The summed E-state index contributed by atoms with van der Waals surface area (Å²) in [6, 6.07) is 71.9. The lowest BCUT2D eigenvalue weighted by Gasteiger charge is -2.52. The third-order valence-corrected chi connectivity index (χ3v) is 30.2. The molecule has 0 spiro atoms. The zero-order valence-electron chi connectivity index (χ0n) is 58.7. The van der Waals surface area contributed by atoms with Crippen molar-refractivity contribution in [1.82, 2.24) is 20.9 Å². The summed E-state index contributed by atoms with van der Waals surface area (Å²) < 4.78 is 67.4. The SMILES string of the molecule is CC(C)(C[C@H]1[C@H](O[C@@H]2[C@H]3OC(=O)N[C@@H]3C[C@H](NC(=O)OCc3ccccc3)[C@H]2O[C@H]2O[C@@H]3CN(C(=O)OCc4ccccc4)C(c4ccccc4)O[C@H]3[C@H](O)[C@H]2NC(=O)OCc2ccccc2)O[C@H](CO[Si](c2ccccc2)(c2ccccc2)C(C)(C)C)[C@H]1O)[Si](O)(c1ccccc1)c1ccccc1. The molecule has 544 valence electrons. The second-order valence-corrected chi connectivity index (χ2v) is 37.1. The molecule has 8 aromatic carbocycles. The Labute approximate surface area is 607 Å². The van der Waals surface area contributed by atoms with E-state index in [1.807, 2.05) is 184 Å². The topological polar surface area (TPSA) is 261 Å². The molecule has 4 amide bonds. The number of aliphatic hydroxyl groups excluding tert-OH is 2. The molecule has 4 aliphatic heterocycles. The highest BCUT2D eigenvalue weighted by atomic mass is 28.4. The van der Waals surface area contributed by atoms with Crippen molar-refractivity contribution in [3.05, 3.63) is 265 Å². The third kappa shape index (κ3) is 15.8. The molecule has 13 rings (SSSR count). The summed E-state index contributed by atoms with van der Waals surface area (Å²) in [6.07, 6.45) is -18.5. The molecule has 21 nitrogen and oxygen atoms in total. The summed E-state index contributed by atoms with van der Waals surface area (Å²) in [5, 5.41) is 37.2. The van der Waals surface area contributed by atoms with Gasteiger partial charge in [-0.1, -0.05) is 277 Å². The number of fused-ring (bicyclic) bond motifs is 2. The Balaban J connectivity index is 0.903. The van der Waals surface area contributed by atoms with E-state index in [0.29, 0.717) is 16.7 Å². The van der Waals surface area contributed by atoms with Crippen LogP contribution < -0.4 is 36.7 Å². The van der Waals surface area contributed by atoms with Crippen LogP contribution >= 0.6 is 0 Å². The van der Waals surface area contributed by atoms with Gasteiger partial charge in [0.1, 0.15) is 62.5 Å². The van der Waals surface area contributed by atoms with Crippen molar-refractivity contribution in [2.24, 2.45) is 5.92 Å². The fourth-order valence-corrected chi connectivity index (χ4v) is 23.9. The van der Waals surface area contributed by atoms with Gasteiger partial charge in [-0.2, -0.15) is 0 Å². The lowest BCUT2D eigenvalue weighted by molar-refractivity contribution is -0.333. The van der Waals surface area contributed by atoms with Gasteiger partial charge in [-0.15, -0.1) is 0 Å². The maximum Gasteiger partial charge on any atom is 0.412 e. The van der Waals surface area contributed by atoms with Crippen molar-refractivity contribution in [2.45, 2.75) is 163 Å². The smallest absolute Gasteiger partial charge is 0.412 e. The molecule has 1 unspecified atom stereocenters. The van der Waals surface area contributed by atoms with Crippen molar-refractivity contribution in [3.8, 4) is 0 Å². The zero-order valence-corrected chi connectivity index (χ0v) is 60.7. The number of alkyl carbamates (subject to hydrolysis) is 3. The van der Waals surface area contributed by atoms with Crippen LogP contribution in [0.5, 0.6) is 0 Å². The Kier molecular flexibility index (Phi) is 22.6. The van der Waals surface area contributed by atoms with Gasteiger partial charge in [0.15, 0.2) is 24.9 Å². The van der Waals surface area contributed by atoms with Gasteiger partial charge in [-0.25, -0.2) is 19.2 Å². The molecule has 4 saturated heterocycles. The average molecular weight is 1450 g/mol. The number of hydrogen-bond donors (Lipinski definition) is 6. The summed E-state index contributed by atoms with van der Waals surface area (Å²) in [5.41, 5.74) is 2.65. The molecular weight excluding hydrogens is 1360 g/mol. The predicted octanol–water partition coefficient (Wildman–Crippen LogP) is 9.25. The highest BCUT2D eigenvalue weighted by molar-refractivity contribution is 6.99. The second kappa shape index (κ2) is 32.1. The molecule has 6 N–H and O–H groups in total. The molecule has 15 atom stereocenters. The van der Waals surface area contributed by atoms with Gasteiger partial charge in [-0.05, 0) is 60.4 Å². The molecule has 0 bridgehead atoms. The Bertz CT molecular complexity index is 4050. The van der Waals surface area contributed by atoms with Gasteiger partial charge in [0.25, 0.3) is 16.6 Å². The van der Waals surface area contributed by atoms with Crippen molar-refractivity contribution < 1.29 is 81.2 Å². The monoisotopic (exact) mass is 1450 g/mol. The van der Waals surface area contributed by atoms with E-state index in [1.165, 1.54) is 4.90 Å². The number of nitrogens with zero attached hydrogens (tertiary/aromatic N) is 1. The van der Waals surface area contributed by atoms with Gasteiger partial charge in [0.2, 0.25) is 0 Å². The fraction of sp³-hybridized carbons (Fsp3) is 0.358. The van der Waals surface area contributed by atoms with Crippen LogP contribution in [0.4, 0.5) is 19.2 Å². The summed E-state index contributed by atoms with van der Waals surface area (Å²) in [4.78, 5) is 72.8. The minimum atomic E-state index is -3.89. The lowest BCUT2D eigenvalue weighted by Crippen LogP contribution is -2.71. The van der Waals surface area contributed by atoms with Crippen LogP contribution in [0.3, 0.4) is 0 Å². The minimum absolute atomic E-state index is 0.0604. The third-order valence-electron chi connectivity index (χ3n) is 20.7. The van der Waals surface area contributed by atoms with E-state index in [0.717, 1.165) is 26.3 Å². The van der Waals surface area contributed by atoms with Crippen molar-refractivity contribution in [1.29, 1.82) is 0 Å². The van der Waals surface area contributed by atoms with E-state index < -0.39 is 143 Å². The number of aliphatic hydroxyl groups is 2. The van der Waals surface area contributed by atoms with E-state index in [1.54, 1.807) is 48.5 Å². The maximum absolute atomic E-state index is 14.6.